The summed E-state index contributed by atoms with van der Waals surface area (Å²) in [5.41, 5.74) is 0.892. The molecule has 2 aromatic carbocycles. The van der Waals surface area contributed by atoms with Crippen LogP contribution in [0.4, 0.5) is 11.4 Å². The van der Waals surface area contributed by atoms with Gasteiger partial charge in [0.1, 0.15) is 17.4 Å². The number of nitrogens with zero attached hydrogens (tertiary/aromatic N) is 3. The van der Waals surface area contributed by atoms with Gasteiger partial charge in [0.2, 0.25) is 12.0 Å². The maximum atomic E-state index is 13.0. The highest BCUT2D eigenvalue weighted by atomic mass is 16.7. The Morgan fingerprint density at radius 3 is 2.34 bits per heavy atom. The molecule has 4 rings (SSSR count). The molecule has 0 saturated carbocycles. The molecule has 2 aliphatic heterocycles. The summed E-state index contributed by atoms with van der Waals surface area (Å²) >= 11 is 0. The number of carbonyl (C=O) groups excluding carboxylic acids is 3. The van der Waals surface area contributed by atoms with Gasteiger partial charge >= 0.3 is 5.97 Å². The molecule has 29 heavy (non-hydrogen) atoms. The highest BCUT2D eigenvalue weighted by Gasteiger charge is 2.56. The lowest BCUT2D eigenvalue weighted by Gasteiger charge is -2.15. The molecule has 0 bridgehead atoms. The van der Waals surface area contributed by atoms with Crippen molar-refractivity contribution < 1.29 is 28.9 Å². The number of hydrogen-bond acceptors (Lipinski definition) is 8. The molecule has 2 aliphatic rings. The summed E-state index contributed by atoms with van der Waals surface area (Å²) in [6.45, 7) is 1.26. The van der Waals surface area contributed by atoms with Gasteiger partial charge in [0, 0.05) is 24.6 Å². The predicted molar refractivity (Wildman–Crippen MR) is 98.2 cm³/mol. The first kappa shape index (κ1) is 18.3. The van der Waals surface area contributed by atoms with Crippen LogP contribution in [0.1, 0.15) is 12.5 Å². The maximum absolute atomic E-state index is 13.0. The predicted octanol–water partition coefficient (Wildman–Crippen LogP) is 1.81. The fourth-order valence-electron chi connectivity index (χ4n) is 3.25. The molecule has 0 spiro atoms. The highest BCUT2D eigenvalue weighted by molar-refractivity contribution is 6.32. The van der Waals surface area contributed by atoms with Gasteiger partial charge in [-0.2, -0.15) is 0 Å². The average Bonchev–Trinajstić information content (AvgIpc) is 3.23. The molecule has 1 fully saturated rings. The second kappa shape index (κ2) is 6.82. The highest BCUT2D eigenvalue weighted by Crippen LogP contribution is 2.35. The molecule has 10 nitrogen and oxygen atoms in total. The van der Waals surface area contributed by atoms with Crippen molar-refractivity contribution in [2.75, 3.05) is 4.90 Å². The molecule has 1 saturated heterocycles. The maximum Gasteiger partial charge on any atom is 0.308 e. The Morgan fingerprint density at radius 2 is 1.76 bits per heavy atom. The van der Waals surface area contributed by atoms with Crippen molar-refractivity contribution in [3.8, 4) is 5.75 Å². The van der Waals surface area contributed by atoms with E-state index < -0.39 is 34.7 Å². The molecule has 0 aromatic heterocycles. The molecule has 0 aliphatic carbocycles. The van der Waals surface area contributed by atoms with Gasteiger partial charge in [0.05, 0.1) is 10.6 Å². The van der Waals surface area contributed by atoms with E-state index in [1.807, 2.05) is 0 Å². The molecule has 146 valence electrons. The number of oxime groups is 1. The Hall–Kier alpha value is -4.08. The number of rotatable bonds is 4. The minimum absolute atomic E-state index is 0.104. The summed E-state index contributed by atoms with van der Waals surface area (Å²) < 4.78 is 4.94. The topological polar surface area (TPSA) is 128 Å². The fourth-order valence-corrected chi connectivity index (χ4v) is 3.25. The molecule has 2 heterocycles. The number of imide groups is 1. The van der Waals surface area contributed by atoms with Crippen LogP contribution < -0.4 is 9.64 Å². The zero-order valence-corrected chi connectivity index (χ0v) is 15.0. The third-order valence-electron chi connectivity index (χ3n) is 4.54. The summed E-state index contributed by atoms with van der Waals surface area (Å²) in [6, 6.07) is 11.4. The van der Waals surface area contributed by atoms with E-state index in [1.54, 1.807) is 0 Å². The molecule has 2 aromatic rings. The second-order valence-corrected chi connectivity index (χ2v) is 6.38. The van der Waals surface area contributed by atoms with Crippen molar-refractivity contribution in [3.05, 3.63) is 64.2 Å². The summed E-state index contributed by atoms with van der Waals surface area (Å²) in [5, 5.41) is 14.7. The number of hydrogen-bond donors (Lipinski definition) is 0. The Kier molecular flexibility index (Phi) is 4.30. The van der Waals surface area contributed by atoms with E-state index >= 15 is 0 Å². The normalized spacial score (nSPS) is 20.2. The van der Waals surface area contributed by atoms with E-state index in [9.17, 15) is 24.5 Å². The van der Waals surface area contributed by atoms with Gasteiger partial charge in [0.15, 0.2) is 0 Å². The third kappa shape index (κ3) is 3.10. The average molecular weight is 395 g/mol. The van der Waals surface area contributed by atoms with Crippen LogP contribution in [0.5, 0.6) is 5.75 Å². The molecule has 0 N–H and O–H groups in total. The van der Waals surface area contributed by atoms with E-state index in [0.717, 1.165) is 4.90 Å². The number of ether oxygens (including phenoxy) is 1. The number of non-ortho nitro benzene ring substituents is 1. The lowest BCUT2D eigenvalue weighted by atomic mass is 9.94. The summed E-state index contributed by atoms with van der Waals surface area (Å²) in [6.07, 6.45) is -1.10. The summed E-state index contributed by atoms with van der Waals surface area (Å²) in [4.78, 5) is 53.2. The monoisotopic (exact) mass is 395 g/mol. The molecule has 2 amide bonds. The number of anilines is 1. The quantitative estimate of drug-likeness (QED) is 0.254. The van der Waals surface area contributed by atoms with Crippen LogP contribution in [0, 0.1) is 16.0 Å². The van der Waals surface area contributed by atoms with Crippen molar-refractivity contribution in [2.24, 2.45) is 11.1 Å². The van der Waals surface area contributed by atoms with Gasteiger partial charge < -0.3 is 9.57 Å². The first-order valence-corrected chi connectivity index (χ1v) is 8.51. The first-order valence-electron chi connectivity index (χ1n) is 8.51. The molecule has 0 radical (unpaired) electrons. The van der Waals surface area contributed by atoms with Crippen LogP contribution in [-0.4, -0.2) is 34.5 Å². The minimum atomic E-state index is -1.10. The summed E-state index contributed by atoms with van der Waals surface area (Å²) in [5.74, 6) is -2.24. The fraction of sp³-hybridized carbons (Fsp3) is 0.158. The minimum Gasteiger partial charge on any atom is -0.427 e. The number of benzene rings is 2. The van der Waals surface area contributed by atoms with Crippen LogP contribution in [0.2, 0.25) is 0 Å². The smallest absolute Gasteiger partial charge is 0.308 e. The van der Waals surface area contributed by atoms with Crippen LogP contribution in [0.25, 0.3) is 0 Å². The Bertz CT molecular complexity index is 1060. The van der Waals surface area contributed by atoms with E-state index in [4.69, 9.17) is 9.57 Å². The number of esters is 1. The molecule has 2 atom stereocenters. The van der Waals surface area contributed by atoms with E-state index in [-0.39, 0.29) is 17.1 Å². The van der Waals surface area contributed by atoms with Gasteiger partial charge in [-0.25, -0.2) is 4.90 Å². The molecular weight excluding hydrogens is 382 g/mol. The van der Waals surface area contributed by atoms with Gasteiger partial charge in [-0.3, -0.25) is 24.5 Å². The second-order valence-electron chi connectivity index (χ2n) is 6.38. The SMILES string of the molecule is CC(=O)Oc1ccc(N2C(=O)C3ON=C(c4ccc([N+](=O)[O-])cc4)C3C2=O)cc1. The zero-order valence-electron chi connectivity index (χ0n) is 15.0. The number of fused-ring (bicyclic) bond motifs is 1. The van der Waals surface area contributed by atoms with Gasteiger partial charge in [-0.1, -0.05) is 5.16 Å². The van der Waals surface area contributed by atoms with Crippen molar-refractivity contribution in [3.63, 3.8) is 0 Å². The Balaban J connectivity index is 1.60. The van der Waals surface area contributed by atoms with Gasteiger partial charge in [0.25, 0.3) is 11.6 Å². The molecular formula is C19H13N3O7. The Labute approximate surface area is 163 Å². The van der Waals surface area contributed by atoms with E-state index in [0.29, 0.717) is 11.3 Å². The number of nitro benzene ring substituents is 1. The van der Waals surface area contributed by atoms with Crippen LogP contribution in [0.15, 0.2) is 53.7 Å². The van der Waals surface area contributed by atoms with Crippen molar-refractivity contribution in [1.29, 1.82) is 0 Å². The Morgan fingerprint density at radius 1 is 1.10 bits per heavy atom. The lowest BCUT2D eigenvalue weighted by molar-refractivity contribution is -0.384. The van der Waals surface area contributed by atoms with Gasteiger partial charge in [-0.15, -0.1) is 0 Å². The summed E-state index contributed by atoms with van der Waals surface area (Å²) in [7, 11) is 0. The van der Waals surface area contributed by atoms with Gasteiger partial charge in [-0.05, 0) is 36.4 Å². The third-order valence-corrected chi connectivity index (χ3v) is 4.54. The number of nitro groups is 1. The van der Waals surface area contributed by atoms with E-state index in [2.05, 4.69) is 5.16 Å². The van der Waals surface area contributed by atoms with E-state index in [1.165, 1.54) is 55.5 Å². The zero-order chi connectivity index (χ0) is 20.7. The lowest BCUT2D eigenvalue weighted by Crippen LogP contribution is -2.33. The van der Waals surface area contributed by atoms with Crippen molar-refractivity contribution >= 4 is 34.9 Å². The van der Waals surface area contributed by atoms with Crippen molar-refractivity contribution in [1.82, 2.24) is 0 Å². The number of amides is 2. The number of carbonyl (C=O) groups is 3. The van der Waals surface area contributed by atoms with Crippen LogP contribution in [0.3, 0.4) is 0 Å². The molecule has 2 unspecified atom stereocenters. The largest absolute Gasteiger partial charge is 0.427 e. The van der Waals surface area contributed by atoms with Crippen LogP contribution >= 0.6 is 0 Å². The molecule has 10 heteroatoms. The first-order chi connectivity index (χ1) is 13.9. The van der Waals surface area contributed by atoms with Crippen molar-refractivity contribution in [2.45, 2.75) is 13.0 Å². The van der Waals surface area contributed by atoms with Crippen LogP contribution in [-0.2, 0) is 19.2 Å². The standard InChI is InChI=1S/C19H13N3O7/c1-10(23)28-14-8-6-12(7-9-14)21-18(24)15-16(20-29-17(15)19(21)25)11-2-4-13(5-3-11)22(26)27/h2-9,15,17H,1H3.